The van der Waals surface area contributed by atoms with Gasteiger partial charge >= 0.3 is 11.7 Å². The monoisotopic (exact) mass is 247 g/mol. The molecule has 0 unspecified atom stereocenters. The van der Waals surface area contributed by atoms with Gasteiger partial charge in [-0.05, 0) is 12.1 Å². The van der Waals surface area contributed by atoms with Crippen molar-refractivity contribution in [3.8, 4) is 5.75 Å². The molecular formula is C9H7F2NO5. The van der Waals surface area contributed by atoms with E-state index in [2.05, 4.69) is 4.74 Å². The van der Waals surface area contributed by atoms with E-state index in [4.69, 9.17) is 5.11 Å². The second-order valence-electron chi connectivity index (χ2n) is 2.95. The highest BCUT2D eigenvalue weighted by atomic mass is 19.3. The van der Waals surface area contributed by atoms with Gasteiger partial charge in [0.15, 0.2) is 5.75 Å². The van der Waals surface area contributed by atoms with Gasteiger partial charge in [-0.25, -0.2) is 13.6 Å². The molecule has 0 radical (unpaired) electrons. The Balaban J connectivity index is 3.04. The van der Waals surface area contributed by atoms with Crippen LogP contribution in [0.15, 0.2) is 18.2 Å². The normalized spacial score (nSPS) is 10.3. The third-order valence-electron chi connectivity index (χ3n) is 1.77. The van der Waals surface area contributed by atoms with Crippen molar-refractivity contribution in [3.63, 3.8) is 0 Å². The van der Waals surface area contributed by atoms with Crippen LogP contribution >= 0.6 is 0 Å². The van der Waals surface area contributed by atoms with Crippen LogP contribution in [0.2, 0.25) is 0 Å². The maximum atomic E-state index is 11.9. The van der Waals surface area contributed by atoms with Gasteiger partial charge in [-0.15, -0.1) is 0 Å². The maximum Gasteiger partial charge on any atom is 0.335 e. The number of nitro benzene ring substituents is 1. The lowest BCUT2D eigenvalue weighted by atomic mass is 10.2. The van der Waals surface area contributed by atoms with Gasteiger partial charge in [0.2, 0.25) is 0 Å². The quantitative estimate of drug-likeness (QED) is 0.634. The summed E-state index contributed by atoms with van der Waals surface area (Å²) >= 11 is 0. The molecular weight excluding hydrogens is 240 g/mol. The molecule has 0 fully saturated rings. The van der Waals surface area contributed by atoms with E-state index in [1.54, 1.807) is 0 Å². The number of alkyl halides is 2. The number of carboxylic acid groups (broad SMARTS) is 1. The van der Waals surface area contributed by atoms with Crippen molar-refractivity contribution >= 4 is 11.7 Å². The Morgan fingerprint density at radius 2 is 2.18 bits per heavy atom. The van der Waals surface area contributed by atoms with Crippen LogP contribution in [0.5, 0.6) is 5.75 Å². The second kappa shape index (κ2) is 5.19. The maximum absolute atomic E-state index is 11.9. The van der Waals surface area contributed by atoms with Crippen molar-refractivity contribution in [2.75, 3.05) is 6.61 Å². The van der Waals surface area contributed by atoms with Gasteiger partial charge in [-0.2, -0.15) is 0 Å². The highest BCUT2D eigenvalue weighted by Crippen LogP contribution is 2.28. The average molecular weight is 247 g/mol. The molecule has 1 aromatic rings. The summed E-state index contributed by atoms with van der Waals surface area (Å²) < 4.78 is 28.3. The standard InChI is InChI=1S/C9H7F2NO5/c10-8(11)4-17-7-2-1-5(9(13)14)3-6(7)12(15)16/h1-3,8H,4H2,(H,13,14). The molecule has 1 N–H and O–H groups in total. The highest BCUT2D eigenvalue weighted by Gasteiger charge is 2.19. The number of aromatic carboxylic acids is 1. The summed E-state index contributed by atoms with van der Waals surface area (Å²) in [5.41, 5.74) is -0.980. The summed E-state index contributed by atoms with van der Waals surface area (Å²) in [5, 5.41) is 19.2. The van der Waals surface area contributed by atoms with Crippen molar-refractivity contribution in [2.45, 2.75) is 6.43 Å². The molecule has 1 rings (SSSR count). The minimum absolute atomic E-state index is 0.318. The summed E-state index contributed by atoms with van der Waals surface area (Å²) in [4.78, 5) is 20.3. The highest BCUT2D eigenvalue weighted by molar-refractivity contribution is 5.88. The van der Waals surface area contributed by atoms with Gasteiger partial charge in [-0.3, -0.25) is 10.1 Å². The number of hydrogen-bond acceptors (Lipinski definition) is 4. The summed E-state index contributed by atoms with van der Waals surface area (Å²) in [6, 6.07) is 2.77. The van der Waals surface area contributed by atoms with Gasteiger partial charge in [0.25, 0.3) is 6.43 Å². The van der Waals surface area contributed by atoms with Crippen LogP contribution in [-0.2, 0) is 0 Å². The number of carboxylic acids is 1. The number of halogens is 2. The Kier molecular flexibility index (Phi) is 3.91. The summed E-state index contributed by atoms with van der Waals surface area (Å²) in [5.74, 6) is -1.74. The first-order chi connectivity index (χ1) is 7.91. The smallest absolute Gasteiger partial charge is 0.335 e. The fourth-order valence-electron chi connectivity index (χ4n) is 1.07. The topological polar surface area (TPSA) is 89.7 Å². The first kappa shape index (κ1) is 12.8. The minimum atomic E-state index is -2.77. The molecule has 0 aliphatic carbocycles. The molecule has 0 spiro atoms. The van der Waals surface area contributed by atoms with Gasteiger partial charge in [0.1, 0.15) is 6.61 Å². The minimum Gasteiger partial charge on any atom is -0.481 e. The zero-order valence-corrected chi connectivity index (χ0v) is 8.30. The number of ether oxygens (including phenoxy) is 1. The van der Waals surface area contributed by atoms with Crippen molar-refractivity contribution < 1.29 is 28.3 Å². The number of nitro groups is 1. The lowest BCUT2D eigenvalue weighted by Crippen LogP contribution is -2.09. The molecule has 0 atom stereocenters. The van der Waals surface area contributed by atoms with Crippen LogP contribution in [0.1, 0.15) is 10.4 Å². The van der Waals surface area contributed by atoms with Gasteiger partial charge in [0.05, 0.1) is 10.5 Å². The van der Waals surface area contributed by atoms with Crippen LogP contribution in [0, 0.1) is 10.1 Å². The molecule has 17 heavy (non-hydrogen) atoms. The molecule has 0 saturated heterocycles. The Morgan fingerprint density at radius 3 is 2.65 bits per heavy atom. The largest absolute Gasteiger partial charge is 0.481 e. The van der Waals surface area contributed by atoms with Crippen LogP contribution in [0.3, 0.4) is 0 Å². The Labute approximate surface area is 93.6 Å². The van der Waals surface area contributed by atoms with E-state index in [0.717, 1.165) is 18.2 Å². The Bertz CT molecular complexity index is 449. The lowest BCUT2D eigenvalue weighted by molar-refractivity contribution is -0.386. The third kappa shape index (κ3) is 3.37. The van der Waals surface area contributed by atoms with E-state index in [-0.39, 0.29) is 11.3 Å². The molecule has 8 heteroatoms. The number of nitrogens with zero attached hydrogens (tertiary/aromatic N) is 1. The van der Waals surface area contributed by atoms with E-state index in [0.29, 0.717) is 0 Å². The second-order valence-corrected chi connectivity index (χ2v) is 2.95. The first-order valence-electron chi connectivity index (χ1n) is 4.34. The van der Waals surface area contributed by atoms with Gasteiger partial charge in [-0.1, -0.05) is 0 Å². The van der Waals surface area contributed by atoms with Crippen LogP contribution < -0.4 is 4.74 Å². The van der Waals surface area contributed by atoms with Crippen molar-refractivity contribution in [3.05, 3.63) is 33.9 Å². The van der Waals surface area contributed by atoms with Crippen LogP contribution in [0.4, 0.5) is 14.5 Å². The Hall–Kier alpha value is -2.25. The molecule has 0 amide bonds. The molecule has 6 nitrogen and oxygen atoms in total. The van der Waals surface area contributed by atoms with Gasteiger partial charge < -0.3 is 9.84 Å². The first-order valence-corrected chi connectivity index (χ1v) is 4.34. The lowest BCUT2D eigenvalue weighted by Gasteiger charge is -2.06. The van der Waals surface area contributed by atoms with Crippen LogP contribution in [-0.4, -0.2) is 29.0 Å². The molecule has 0 bridgehead atoms. The molecule has 1 aromatic carbocycles. The number of carbonyl (C=O) groups is 1. The molecule has 0 heterocycles. The molecule has 0 aliphatic heterocycles. The van der Waals surface area contributed by atoms with Gasteiger partial charge in [0, 0.05) is 6.07 Å². The number of benzene rings is 1. The van der Waals surface area contributed by atoms with E-state index >= 15 is 0 Å². The fourth-order valence-corrected chi connectivity index (χ4v) is 1.07. The fraction of sp³-hybridized carbons (Fsp3) is 0.222. The summed E-state index contributed by atoms with van der Waals surface area (Å²) in [6.07, 6.45) is -2.77. The summed E-state index contributed by atoms with van der Waals surface area (Å²) in [6.45, 7) is -0.993. The van der Waals surface area contributed by atoms with Crippen molar-refractivity contribution in [2.24, 2.45) is 0 Å². The zero-order valence-electron chi connectivity index (χ0n) is 8.30. The zero-order chi connectivity index (χ0) is 13.0. The number of hydrogen-bond donors (Lipinski definition) is 1. The SMILES string of the molecule is O=C(O)c1ccc(OCC(F)F)c([N+](=O)[O-])c1. The van der Waals surface area contributed by atoms with E-state index < -0.39 is 29.6 Å². The average Bonchev–Trinajstić information content (AvgIpc) is 2.25. The number of rotatable bonds is 5. The van der Waals surface area contributed by atoms with E-state index in [9.17, 15) is 23.7 Å². The van der Waals surface area contributed by atoms with Crippen molar-refractivity contribution in [1.29, 1.82) is 0 Å². The molecule has 0 saturated carbocycles. The Morgan fingerprint density at radius 1 is 1.53 bits per heavy atom. The van der Waals surface area contributed by atoms with Crippen LogP contribution in [0.25, 0.3) is 0 Å². The molecule has 0 aromatic heterocycles. The molecule has 92 valence electrons. The van der Waals surface area contributed by atoms with E-state index in [1.807, 2.05) is 0 Å². The van der Waals surface area contributed by atoms with Crippen molar-refractivity contribution in [1.82, 2.24) is 0 Å². The summed E-state index contributed by atoms with van der Waals surface area (Å²) in [7, 11) is 0. The van der Waals surface area contributed by atoms with E-state index in [1.165, 1.54) is 0 Å². The third-order valence-corrected chi connectivity index (χ3v) is 1.77. The predicted molar refractivity (Wildman–Crippen MR) is 51.6 cm³/mol. The molecule has 0 aliphatic rings. The predicted octanol–water partition coefficient (Wildman–Crippen LogP) is 1.94.